The van der Waals surface area contributed by atoms with Gasteiger partial charge in [0, 0.05) is 16.3 Å². The van der Waals surface area contributed by atoms with E-state index in [4.69, 9.17) is 16.3 Å². The molecule has 1 aromatic carbocycles. The molecule has 0 radical (unpaired) electrons. The molecule has 1 heterocycles. The number of aromatic nitrogens is 2. The Balaban J connectivity index is 2.65. The monoisotopic (exact) mass is 262 g/mol. The van der Waals surface area contributed by atoms with Crippen LogP contribution in [0.4, 0.5) is 0 Å². The summed E-state index contributed by atoms with van der Waals surface area (Å²) >= 11 is 6.17. The average molecular weight is 263 g/mol. The van der Waals surface area contributed by atoms with Gasteiger partial charge in [-0.05, 0) is 44.5 Å². The van der Waals surface area contributed by atoms with Crippen LogP contribution >= 0.6 is 11.6 Å². The minimum Gasteiger partial charge on any atom is -0.496 e. The standard InChI is InChI=1S/C14H15ClN2O/c1-8-5-14(18-4)11(7-12(8)15)13-6-9(2)16-10(3)17-13/h5-7H,1-4H3. The fourth-order valence-electron chi connectivity index (χ4n) is 1.88. The molecule has 94 valence electrons. The third kappa shape index (κ3) is 2.46. The van der Waals surface area contributed by atoms with E-state index >= 15 is 0 Å². The summed E-state index contributed by atoms with van der Waals surface area (Å²) in [5.74, 6) is 1.51. The van der Waals surface area contributed by atoms with Crippen molar-refractivity contribution in [3.8, 4) is 17.0 Å². The molecule has 0 aliphatic carbocycles. The van der Waals surface area contributed by atoms with Crippen molar-refractivity contribution in [1.82, 2.24) is 9.97 Å². The number of ether oxygens (including phenoxy) is 1. The molecule has 0 bridgehead atoms. The second kappa shape index (κ2) is 4.94. The molecule has 0 aliphatic heterocycles. The van der Waals surface area contributed by atoms with E-state index in [0.29, 0.717) is 5.02 Å². The van der Waals surface area contributed by atoms with Gasteiger partial charge in [-0.25, -0.2) is 9.97 Å². The van der Waals surface area contributed by atoms with Gasteiger partial charge in [-0.15, -0.1) is 0 Å². The van der Waals surface area contributed by atoms with Crippen LogP contribution in [0, 0.1) is 20.8 Å². The van der Waals surface area contributed by atoms with Crippen molar-refractivity contribution in [2.75, 3.05) is 7.11 Å². The Hall–Kier alpha value is -1.61. The molecule has 0 atom stereocenters. The molecule has 0 amide bonds. The summed E-state index contributed by atoms with van der Waals surface area (Å²) in [6.45, 7) is 5.77. The van der Waals surface area contributed by atoms with Crippen LogP contribution in [-0.4, -0.2) is 17.1 Å². The number of benzene rings is 1. The Morgan fingerprint density at radius 3 is 2.39 bits per heavy atom. The maximum absolute atomic E-state index is 6.17. The van der Waals surface area contributed by atoms with Gasteiger partial charge in [0.2, 0.25) is 0 Å². The van der Waals surface area contributed by atoms with Crippen LogP contribution in [0.2, 0.25) is 5.02 Å². The molecule has 0 fully saturated rings. The van der Waals surface area contributed by atoms with Gasteiger partial charge in [0.1, 0.15) is 11.6 Å². The lowest BCUT2D eigenvalue weighted by Crippen LogP contribution is -1.96. The SMILES string of the molecule is COc1cc(C)c(Cl)cc1-c1cc(C)nc(C)n1. The summed E-state index contributed by atoms with van der Waals surface area (Å²) in [6.07, 6.45) is 0. The van der Waals surface area contributed by atoms with E-state index in [1.807, 2.05) is 39.0 Å². The fourth-order valence-corrected chi connectivity index (χ4v) is 2.04. The van der Waals surface area contributed by atoms with Gasteiger partial charge in [-0.2, -0.15) is 0 Å². The fraction of sp³-hybridized carbons (Fsp3) is 0.286. The molecule has 0 N–H and O–H groups in total. The Morgan fingerprint density at radius 2 is 1.78 bits per heavy atom. The summed E-state index contributed by atoms with van der Waals surface area (Å²) in [6, 6.07) is 5.73. The lowest BCUT2D eigenvalue weighted by molar-refractivity contribution is 0.416. The van der Waals surface area contributed by atoms with Crippen molar-refractivity contribution in [3.63, 3.8) is 0 Å². The second-order valence-electron chi connectivity index (χ2n) is 4.24. The molecular weight excluding hydrogens is 248 g/mol. The molecule has 4 heteroatoms. The van der Waals surface area contributed by atoms with E-state index in [2.05, 4.69) is 9.97 Å². The largest absolute Gasteiger partial charge is 0.496 e. The number of aryl methyl sites for hydroxylation is 3. The molecular formula is C14H15ClN2O. The minimum absolute atomic E-state index is 0.708. The second-order valence-corrected chi connectivity index (χ2v) is 4.65. The predicted octanol–water partition coefficient (Wildman–Crippen LogP) is 3.73. The van der Waals surface area contributed by atoms with Crippen LogP contribution in [0.15, 0.2) is 18.2 Å². The van der Waals surface area contributed by atoms with Gasteiger partial charge in [0.05, 0.1) is 12.8 Å². The number of rotatable bonds is 2. The van der Waals surface area contributed by atoms with Gasteiger partial charge >= 0.3 is 0 Å². The highest BCUT2D eigenvalue weighted by Gasteiger charge is 2.11. The number of nitrogens with zero attached hydrogens (tertiary/aromatic N) is 2. The molecule has 3 nitrogen and oxygen atoms in total. The quantitative estimate of drug-likeness (QED) is 0.827. The van der Waals surface area contributed by atoms with E-state index in [1.54, 1.807) is 7.11 Å². The first kappa shape index (κ1) is 12.8. The third-order valence-electron chi connectivity index (χ3n) is 2.72. The summed E-state index contributed by atoms with van der Waals surface area (Å²) in [5, 5.41) is 0.708. The van der Waals surface area contributed by atoms with Crippen LogP contribution in [0.3, 0.4) is 0 Å². The van der Waals surface area contributed by atoms with Crippen molar-refractivity contribution >= 4 is 11.6 Å². The Bertz CT molecular complexity index is 576. The highest BCUT2D eigenvalue weighted by Crippen LogP contribution is 2.33. The lowest BCUT2D eigenvalue weighted by atomic mass is 10.1. The first-order chi connectivity index (χ1) is 8.51. The Labute approximate surface area is 112 Å². The minimum atomic E-state index is 0.708. The highest BCUT2D eigenvalue weighted by molar-refractivity contribution is 6.31. The van der Waals surface area contributed by atoms with Crippen molar-refractivity contribution in [3.05, 3.63) is 40.3 Å². The van der Waals surface area contributed by atoms with E-state index in [1.165, 1.54) is 0 Å². The molecule has 0 saturated heterocycles. The number of hydrogen-bond acceptors (Lipinski definition) is 3. The average Bonchev–Trinajstić information content (AvgIpc) is 2.30. The van der Waals surface area contributed by atoms with E-state index in [-0.39, 0.29) is 0 Å². The van der Waals surface area contributed by atoms with Gasteiger partial charge in [0.15, 0.2) is 0 Å². The van der Waals surface area contributed by atoms with Crippen molar-refractivity contribution in [1.29, 1.82) is 0 Å². The molecule has 2 rings (SSSR count). The van der Waals surface area contributed by atoms with Gasteiger partial charge in [-0.1, -0.05) is 11.6 Å². The molecule has 0 aliphatic rings. The van der Waals surface area contributed by atoms with E-state index in [9.17, 15) is 0 Å². The zero-order valence-corrected chi connectivity index (χ0v) is 11.7. The van der Waals surface area contributed by atoms with Gasteiger partial charge < -0.3 is 4.74 Å². The van der Waals surface area contributed by atoms with Crippen LogP contribution in [0.1, 0.15) is 17.1 Å². The molecule has 18 heavy (non-hydrogen) atoms. The summed E-state index contributed by atoms with van der Waals surface area (Å²) < 4.78 is 5.40. The normalized spacial score (nSPS) is 10.5. The van der Waals surface area contributed by atoms with Crippen molar-refractivity contribution in [2.45, 2.75) is 20.8 Å². The van der Waals surface area contributed by atoms with Gasteiger partial charge in [0.25, 0.3) is 0 Å². The highest BCUT2D eigenvalue weighted by atomic mass is 35.5. The first-order valence-electron chi connectivity index (χ1n) is 5.68. The molecule has 0 spiro atoms. The first-order valence-corrected chi connectivity index (χ1v) is 6.06. The Kier molecular flexibility index (Phi) is 3.53. The van der Waals surface area contributed by atoms with Crippen molar-refractivity contribution < 1.29 is 4.74 Å². The maximum atomic E-state index is 6.17. The number of methoxy groups -OCH3 is 1. The molecule has 2 aromatic rings. The van der Waals surface area contributed by atoms with Crippen molar-refractivity contribution in [2.24, 2.45) is 0 Å². The van der Waals surface area contributed by atoms with Crippen LogP contribution in [0.25, 0.3) is 11.3 Å². The van der Waals surface area contributed by atoms with Gasteiger partial charge in [-0.3, -0.25) is 0 Å². The summed E-state index contributed by atoms with van der Waals surface area (Å²) in [4.78, 5) is 8.70. The predicted molar refractivity (Wildman–Crippen MR) is 73.2 cm³/mol. The van der Waals surface area contributed by atoms with E-state index < -0.39 is 0 Å². The van der Waals surface area contributed by atoms with Crippen LogP contribution in [0.5, 0.6) is 5.75 Å². The zero-order valence-electron chi connectivity index (χ0n) is 10.9. The molecule has 0 saturated carbocycles. The third-order valence-corrected chi connectivity index (χ3v) is 3.13. The maximum Gasteiger partial charge on any atom is 0.128 e. The van der Waals surface area contributed by atoms with Crippen LogP contribution < -0.4 is 4.74 Å². The van der Waals surface area contributed by atoms with Crippen LogP contribution in [-0.2, 0) is 0 Å². The summed E-state index contributed by atoms with van der Waals surface area (Å²) in [7, 11) is 1.65. The molecule has 0 unspecified atom stereocenters. The zero-order chi connectivity index (χ0) is 13.3. The number of hydrogen-bond donors (Lipinski definition) is 0. The summed E-state index contributed by atoms with van der Waals surface area (Å²) in [5.41, 5.74) is 3.64. The topological polar surface area (TPSA) is 35.0 Å². The Morgan fingerprint density at radius 1 is 1.06 bits per heavy atom. The number of halogens is 1. The smallest absolute Gasteiger partial charge is 0.128 e. The van der Waals surface area contributed by atoms with E-state index in [0.717, 1.165) is 34.1 Å². The molecule has 1 aromatic heterocycles. The lowest BCUT2D eigenvalue weighted by Gasteiger charge is -2.11.